The summed E-state index contributed by atoms with van der Waals surface area (Å²) < 4.78 is 20.3. The maximum absolute atomic E-state index is 11.7. The molecule has 2 amide bonds. The highest BCUT2D eigenvalue weighted by Gasteiger charge is 2.54. The molecule has 0 aliphatic heterocycles. The van der Waals surface area contributed by atoms with Gasteiger partial charge in [-0.05, 0) is 62.7 Å². The summed E-state index contributed by atoms with van der Waals surface area (Å²) in [6, 6.07) is 0. The van der Waals surface area contributed by atoms with Crippen molar-refractivity contribution in [2.24, 2.45) is 34.5 Å². The van der Waals surface area contributed by atoms with Gasteiger partial charge in [-0.2, -0.15) is 0 Å². The van der Waals surface area contributed by atoms with E-state index in [1.807, 2.05) is 0 Å². The van der Waals surface area contributed by atoms with Crippen LogP contribution in [0.3, 0.4) is 0 Å². The molecule has 2 N–H and O–H groups in total. The van der Waals surface area contributed by atoms with Crippen LogP contribution in [0.4, 0.5) is 9.59 Å². The maximum atomic E-state index is 11.7. The monoisotopic (exact) mass is 586 g/mol. The quantitative estimate of drug-likeness (QED) is 0.109. The van der Waals surface area contributed by atoms with Crippen LogP contribution in [0, 0.1) is 34.5 Å². The second kappa shape index (κ2) is 14.6. The zero-order valence-electron chi connectivity index (χ0n) is 25.4. The number of allylic oxidation sites excluding steroid dienone is 4. The minimum absolute atomic E-state index is 0.00379. The summed E-state index contributed by atoms with van der Waals surface area (Å²) in [5.41, 5.74) is 0.801. The zero-order chi connectivity index (χ0) is 30.9. The van der Waals surface area contributed by atoms with E-state index in [-0.39, 0.29) is 37.1 Å². The Morgan fingerprint density at radius 2 is 1.38 bits per heavy atom. The molecule has 10 heteroatoms. The Morgan fingerprint density at radius 1 is 0.786 bits per heavy atom. The average Bonchev–Trinajstić information content (AvgIpc) is 3.71. The number of amides is 2. The van der Waals surface area contributed by atoms with Crippen LogP contribution in [0.2, 0.25) is 0 Å². The molecular weight excluding hydrogens is 540 g/mol. The van der Waals surface area contributed by atoms with Gasteiger partial charge >= 0.3 is 24.1 Å². The number of hydrogen-bond donors (Lipinski definition) is 2. The highest BCUT2D eigenvalue weighted by Crippen LogP contribution is 2.60. The molecule has 6 atom stereocenters. The molecule has 4 aliphatic carbocycles. The predicted molar refractivity (Wildman–Crippen MR) is 157 cm³/mol. The smallest absolute Gasteiger partial charge is 0.407 e. The molecule has 0 spiro atoms. The molecule has 6 unspecified atom stereocenters. The molecule has 0 aromatic rings. The van der Waals surface area contributed by atoms with E-state index in [1.165, 1.54) is 6.42 Å². The zero-order valence-corrected chi connectivity index (χ0v) is 25.4. The number of carbonyl (C=O) groups excluding carboxylic acids is 4. The van der Waals surface area contributed by atoms with Crippen molar-refractivity contribution in [3.8, 4) is 0 Å². The normalized spacial score (nSPS) is 29.2. The number of nitrogens with one attached hydrogen (secondary N) is 2. The van der Waals surface area contributed by atoms with Crippen molar-refractivity contribution >= 4 is 24.1 Å². The van der Waals surface area contributed by atoms with E-state index in [1.54, 1.807) is 13.8 Å². The highest BCUT2D eigenvalue weighted by molar-refractivity contribution is 5.87. The number of fused-ring (bicyclic) bond motifs is 4. The van der Waals surface area contributed by atoms with Crippen LogP contribution in [0.15, 0.2) is 48.6 Å². The molecule has 0 saturated heterocycles. The largest absolute Gasteiger partial charge is 0.460 e. The molecule has 10 nitrogen and oxygen atoms in total. The molecule has 42 heavy (non-hydrogen) atoms. The van der Waals surface area contributed by atoms with Gasteiger partial charge in [-0.15, -0.1) is 0 Å². The van der Waals surface area contributed by atoms with Crippen molar-refractivity contribution in [2.75, 3.05) is 39.5 Å². The van der Waals surface area contributed by atoms with Crippen molar-refractivity contribution in [1.82, 2.24) is 10.6 Å². The van der Waals surface area contributed by atoms with Gasteiger partial charge in [0.05, 0.1) is 26.3 Å². The lowest BCUT2D eigenvalue weighted by atomic mass is 9.68. The lowest BCUT2D eigenvalue weighted by Gasteiger charge is -2.39. The summed E-state index contributed by atoms with van der Waals surface area (Å²) in [5.74, 6) is 1.42. The van der Waals surface area contributed by atoms with Gasteiger partial charge in [0, 0.05) is 22.5 Å². The van der Waals surface area contributed by atoms with Crippen molar-refractivity contribution in [3.05, 3.63) is 48.6 Å². The van der Waals surface area contributed by atoms with Crippen LogP contribution in [-0.4, -0.2) is 63.6 Å². The van der Waals surface area contributed by atoms with Crippen LogP contribution in [0.5, 0.6) is 0 Å². The van der Waals surface area contributed by atoms with Gasteiger partial charge in [-0.1, -0.05) is 51.3 Å². The molecule has 0 aromatic carbocycles. The molecule has 2 saturated carbocycles. The molecule has 0 heterocycles. The first-order valence-electron chi connectivity index (χ1n) is 14.7. The second-order valence-corrected chi connectivity index (χ2v) is 12.4. The third kappa shape index (κ3) is 8.97. The van der Waals surface area contributed by atoms with Crippen LogP contribution >= 0.6 is 0 Å². The van der Waals surface area contributed by atoms with E-state index in [2.05, 4.69) is 61.9 Å². The SMILES string of the molecule is C=C(C)C(=O)OCCNC(=O)OCC1(C)CC2C=CC1(C)C2.C=C(C)C(=O)OCCNC(=O)OCC1CC2C=CC1C2. The standard InChI is InChI=1S/C17H25NO4.C15H21NO4/c1-12(2)14(19)21-8-7-18-15(20)22-11-17(4)10-13-5-6-16(17,3)9-13;1-10(2)14(17)19-6-5-16-15(18)20-9-13-8-11-3-4-12(13)7-11/h5-6,13H,1,7-11H2,2-4H3,(H,18,20);3-4,11-13H,1,5-9H2,2H3,(H,16,18). The van der Waals surface area contributed by atoms with Gasteiger partial charge in [0.1, 0.15) is 13.2 Å². The molecule has 4 rings (SSSR count). The molecular formula is C32H46N2O8. The van der Waals surface area contributed by atoms with Crippen LogP contribution in [0.25, 0.3) is 0 Å². The van der Waals surface area contributed by atoms with Gasteiger partial charge in [0.2, 0.25) is 0 Å². The van der Waals surface area contributed by atoms with Crippen molar-refractivity contribution in [1.29, 1.82) is 0 Å². The first-order chi connectivity index (χ1) is 19.8. The molecule has 4 aliphatic rings. The summed E-state index contributed by atoms with van der Waals surface area (Å²) in [6.45, 7) is 16.1. The van der Waals surface area contributed by atoms with E-state index < -0.39 is 24.1 Å². The summed E-state index contributed by atoms with van der Waals surface area (Å²) in [6.07, 6.45) is 12.6. The second-order valence-electron chi connectivity index (χ2n) is 12.4. The fraction of sp³-hybridized carbons (Fsp3) is 0.625. The number of carbonyl (C=O) groups is 4. The Hall–Kier alpha value is -3.56. The Kier molecular flexibility index (Phi) is 11.4. The van der Waals surface area contributed by atoms with Gasteiger partial charge in [-0.3, -0.25) is 0 Å². The summed E-state index contributed by atoms with van der Waals surface area (Å²) in [4.78, 5) is 45.5. The summed E-state index contributed by atoms with van der Waals surface area (Å²) in [5, 5.41) is 5.15. The first-order valence-corrected chi connectivity index (χ1v) is 14.7. The predicted octanol–water partition coefficient (Wildman–Crippen LogP) is 4.87. The van der Waals surface area contributed by atoms with E-state index in [9.17, 15) is 19.2 Å². The molecule has 4 bridgehead atoms. The molecule has 0 aromatic heterocycles. The van der Waals surface area contributed by atoms with Crippen LogP contribution < -0.4 is 10.6 Å². The Labute approximate surface area is 248 Å². The highest BCUT2D eigenvalue weighted by atomic mass is 16.6. The fourth-order valence-corrected chi connectivity index (χ4v) is 6.09. The van der Waals surface area contributed by atoms with E-state index in [0.29, 0.717) is 48.0 Å². The van der Waals surface area contributed by atoms with Crippen LogP contribution in [-0.2, 0) is 28.5 Å². The lowest BCUT2D eigenvalue weighted by Crippen LogP contribution is -2.38. The van der Waals surface area contributed by atoms with E-state index in [4.69, 9.17) is 18.9 Å². The summed E-state index contributed by atoms with van der Waals surface area (Å²) in [7, 11) is 0. The van der Waals surface area contributed by atoms with Gasteiger partial charge in [0.15, 0.2) is 0 Å². The number of rotatable bonds is 12. The van der Waals surface area contributed by atoms with E-state index in [0.717, 1.165) is 19.3 Å². The third-order valence-corrected chi connectivity index (χ3v) is 8.79. The van der Waals surface area contributed by atoms with Crippen LogP contribution in [0.1, 0.15) is 53.4 Å². The maximum Gasteiger partial charge on any atom is 0.407 e. The lowest BCUT2D eigenvalue weighted by molar-refractivity contribution is -0.139. The Balaban J connectivity index is 0.000000231. The first kappa shape index (κ1) is 32.9. The third-order valence-electron chi connectivity index (χ3n) is 8.79. The van der Waals surface area contributed by atoms with Crippen molar-refractivity contribution in [2.45, 2.75) is 53.4 Å². The van der Waals surface area contributed by atoms with Crippen molar-refractivity contribution < 1.29 is 38.1 Å². The number of hydrogen-bond acceptors (Lipinski definition) is 8. The molecule has 0 radical (unpaired) electrons. The average molecular weight is 587 g/mol. The molecule has 2 fully saturated rings. The van der Waals surface area contributed by atoms with Gasteiger partial charge in [-0.25, -0.2) is 19.2 Å². The fourth-order valence-electron chi connectivity index (χ4n) is 6.09. The number of ether oxygens (including phenoxy) is 4. The number of esters is 2. The minimum atomic E-state index is -0.469. The van der Waals surface area contributed by atoms with E-state index >= 15 is 0 Å². The molecule has 232 valence electrons. The van der Waals surface area contributed by atoms with Crippen molar-refractivity contribution in [3.63, 3.8) is 0 Å². The topological polar surface area (TPSA) is 129 Å². The number of alkyl carbamates (subject to hydrolysis) is 2. The van der Waals surface area contributed by atoms with Gasteiger partial charge < -0.3 is 29.6 Å². The Morgan fingerprint density at radius 3 is 1.83 bits per heavy atom. The minimum Gasteiger partial charge on any atom is -0.460 e. The summed E-state index contributed by atoms with van der Waals surface area (Å²) >= 11 is 0. The Bertz CT molecular complexity index is 1110. The van der Waals surface area contributed by atoms with Gasteiger partial charge in [0.25, 0.3) is 0 Å².